The van der Waals surface area contributed by atoms with Crippen molar-refractivity contribution in [3.8, 4) is 0 Å². The summed E-state index contributed by atoms with van der Waals surface area (Å²) in [6.07, 6.45) is 0. The SMILES string of the molecule is C1=C[S+]=CC=1C1=C=CSC1. The highest BCUT2D eigenvalue weighted by atomic mass is 32.2. The van der Waals surface area contributed by atoms with Crippen molar-refractivity contribution in [2.24, 2.45) is 0 Å². The zero-order chi connectivity index (χ0) is 6.81. The molecular formula is C8H5S2+. The van der Waals surface area contributed by atoms with Gasteiger partial charge in [-0.15, -0.1) is 17.5 Å². The lowest BCUT2D eigenvalue weighted by Gasteiger charge is -1.88. The van der Waals surface area contributed by atoms with Gasteiger partial charge in [-0.3, -0.25) is 0 Å². The number of allylic oxidation sites excluding steroid dienone is 1. The fraction of sp³-hybridized carbons (Fsp3) is 0.125. The summed E-state index contributed by atoms with van der Waals surface area (Å²) in [5.41, 5.74) is 8.85. The summed E-state index contributed by atoms with van der Waals surface area (Å²) < 4.78 is 0. The summed E-state index contributed by atoms with van der Waals surface area (Å²) in [6, 6.07) is 0. The quantitative estimate of drug-likeness (QED) is 0.324. The van der Waals surface area contributed by atoms with Gasteiger partial charge < -0.3 is 0 Å². The van der Waals surface area contributed by atoms with E-state index >= 15 is 0 Å². The van der Waals surface area contributed by atoms with Crippen LogP contribution in [0.1, 0.15) is 0 Å². The van der Waals surface area contributed by atoms with E-state index in [1.54, 1.807) is 23.1 Å². The highest BCUT2D eigenvalue weighted by Gasteiger charge is 2.11. The zero-order valence-corrected chi connectivity index (χ0v) is 6.89. The van der Waals surface area contributed by atoms with Crippen LogP contribution >= 0.6 is 11.8 Å². The van der Waals surface area contributed by atoms with E-state index in [9.17, 15) is 0 Å². The van der Waals surface area contributed by atoms with E-state index in [0.29, 0.717) is 0 Å². The molecule has 0 atom stereocenters. The van der Waals surface area contributed by atoms with E-state index < -0.39 is 0 Å². The van der Waals surface area contributed by atoms with Crippen LogP contribution in [0.25, 0.3) is 0 Å². The van der Waals surface area contributed by atoms with Gasteiger partial charge in [0.15, 0.2) is 0 Å². The molecule has 0 saturated carbocycles. The van der Waals surface area contributed by atoms with E-state index in [0.717, 1.165) is 5.75 Å². The first-order chi connectivity index (χ1) is 4.97. The number of hydrogen-bond acceptors (Lipinski definition) is 1. The highest BCUT2D eigenvalue weighted by molar-refractivity contribution is 8.02. The van der Waals surface area contributed by atoms with Crippen LogP contribution in [0.4, 0.5) is 0 Å². The van der Waals surface area contributed by atoms with Gasteiger partial charge in [0.1, 0.15) is 0 Å². The van der Waals surface area contributed by atoms with Crippen LogP contribution in [0.3, 0.4) is 0 Å². The summed E-state index contributed by atoms with van der Waals surface area (Å²) in [6.45, 7) is 0. The van der Waals surface area contributed by atoms with Gasteiger partial charge in [0.2, 0.25) is 22.1 Å². The Morgan fingerprint density at radius 3 is 3.10 bits per heavy atom. The molecule has 0 unspecified atom stereocenters. The lowest BCUT2D eigenvalue weighted by molar-refractivity contribution is 1.56. The van der Waals surface area contributed by atoms with Crippen LogP contribution in [-0.4, -0.2) is 11.1 Å². The van der Waals surface area contributed by atoms with Crippen LogP contribution in [0.15, 0.2) is 33.4 Å². The molecule has 2 aliphatic heterocycles. The first kappa shape index (κ1) is 6.21. The number of rotatable bonds is 1. The van der Waals surface area contributed by atoms with Crippen LogP contribution in [0.2, 0.25) is 0 Å². The number of thioether (sulfide) groups is 1. The normalized spacial score (nSPS) is 20.0. The van der Waals surface area contributed by atoms with E-state index in [-0.39, 0.29) is 0 Å². The number of hydrogen-bond donors (Lipinski definition) is 0. The zero-order valence-electron chi connectivity index (χ0n) is 5.26. The van der Waals surface area contributed by atoms with E-state index in [2.05, 4.69) is 16.8 Å². The molecule has 0 fully saturated rings. The molecule has 2 heteroatoms. The lowest BCUT2D eigenvalue weighted by atomic mass is 10.2. The van der Waals surface area contributed by atoms with Crippen molar-refractivity contribution in [3.05, 3.63) is 33.4 Å². The van der Waals surface area contributed by atoms with Gasteiger partial charge in [0.25, 0.3) is 0 Å². The minimum Gasteiger partial charge on any atom is -0.120 e. The Balaban J connectivity index is 2.36. The predicted molar refractivity (Wildman–Crippen MR) is 49.1 cm³/mol. The van der Waals surface area contributed by atoms with Crippen molar-refractivity contribution in [3.63, 3.8) is 0 Å². The first-order valence-electron chi connectivity index (χ1n) is 2.97. The molecule has 0 saturated heterocycles. The van der Waals surface area contributed by atoms with Crippen LogP contribution in [0, 0.1) is 0 Å². The van der Waals surface area contributed by atoms with Crippen LogP contribution in [-0.2, 0) is 11.4 Å². The predicted octanol–water partition coefficient (Wildman–Crippen LogP) is 1.71. The topological polar surface area (TPSA) is 0 Å². The van der Waals surface area contributed by atoms with Gasteiger partial charge in [-0.25, -0.2) is 0 Å². The Morgan fingerprint density at radius 2 is 2.50 bits per heavy atom. The van der Waals surface area contributed by atoms with Crippen molar-refractivity contribution in [2.45, 2.75) is 0 Å². The summed E-state index contributed by atoms with van der Waals surface area (Å²) in [7, 11) is 0. The molecule has 0 radical (unpaired) electrons. The minimum atomic E-state index is 1.06. The second-order valence-electron chi connectivity index (χ2n) is 1.98. The molecule has 48 valence electrons. The largest absolute Gasteiger partial charge is 0.238 e. The van der Waals surface area contributed by atoms with Gasteiger partial charge in [-0.2, -0.15) is 0 Å². The summed E-state index contributed by atoms with van der Waals surface area (Å²) in [5, 5.41) is 6.11. The fourth-order valence-electron chi connectivity index (χ4n) is 0.827. The second kappa shape index (κ2) is 2.61. The van der Waals surface area contributed by atoms with Crippen molar-refractivity contribution in [1.82, 2.24) is 0 Å². The molecule has 0 aliphatic carbocycles. The van der Waals surface area contributed by atoms with Gasteiger partial charge in [0, 0.05) is 16.7 Å². The van der Waals surface area contributed by atoms with E-state index in [4.69, 9.17) is 0 Å². The van der Waals surface area contributed by atoms with Crippen molar-refractivity contribution < 1.29 is 0 Å². The van der Waals surface area contributed by atoms with Crippen LogP contribution in [0.5, 0.6) is 0 Å². The average Bonchev–Trinajstić information content (AvgIpc) is 2.59. The maximum absolute atomic E-state index is 3.19. The summed E-state index contributed by atoms with van der Waals surface area (Å²) in [5.74, 6) is 1.06. The Morgan fingerprint density at radius 1 is 1.50 bits per heavy atom. The molecule has 0 aromatic rings. The smallest absolute Gasteiger partial charge is 0.120 e. The fourth-order valence-corrected chi connectivity index (χ4v) is 2.15. The Bertz CT molecular complexity index is 308. The molecule has 0 bridgehead atoms. The third kappa shape index (κ3) is 1.03. The van der Waals surface area contributed by atoms with Crippen molar-refractivity contribution in [2.75, 3.05) is 5.75 Å². The standard InChI is InChI=1S/C8H5S2/c1-3-9-5-7(1)8-2-4-10-6-8/h3-5H,6H2/q+1. The lowest BCUT2D eigenvalue weighted by Crippen LogP contribution is -1.87. The highest BCUT2D eigenvalue weighted by Crippen LogP contribution is 2.20. The minimum absolute atomic E-state index is 1.06. The Kier molecular flexibility index (Phi) is 1.62. The average molecular weight is 165 g/mol. The molecule has 2 rings (SSSR count). The van der Waals surface area contributed by atoms with Gasteiger partial charge in [0.05, 0.1) is 5.57 Å². The third-order valence-corrected chi connectivity index (χ3v) is 2.70. The summed E-state index contributed by atoms with van der Waals surface area (Å²) >= 11 is 3.48. The van der Waals surface area contributed by atoms with E-state index in [1.165, 1.54) is 11.1 Å². The van der Waals surface area contributed by atoms with E-state index in [1.807, 2.05) is 10.8 Å². The maximum Gasteiger partial charge on any atom is 0.238 e. The molecular weight excluding hydrogens is 160 g/mol. The molecule has 2 aliphatic rings. The molecule has 0 nitrogen and oxygen atoms in total. The summed E-state index contributed by atoms with van der Waals surface area (Å²) in [4.78, 5) is 0. The molecule has 0 aromatic heterocycles. The molecule has 0 aromatic carbocycles. The maximum atomic E-state index is 3.19. The second-order valence-corrected chi connectivity index (χ2v) is 3.58. The van der Waals surface area contributed by atoms with Crippen molar-refractivity contribution >= 4 is 28.5 Å². The molecule has 0 spiro atoms. The Hall–Kier alpha value is -0.520. The van der Waals surface area contributed by atoms with Gasteiger partial charge >= 0.3 is 0 Å². The third-order valence-electron chi connectivity index (χ3n) is 1.34. The molecule has 2 heterocycles. The monoisotopic (exact) mass is 165 g/mol. The van der Waals surface area contributed by atoms with Crippen LogP contribution < -0.4 is 0 Å². The van der Waals surface area contributed by atoms with Crippen molar-refractivity contribution in [1.29, 1.82) is 0 Å². The van der Waals surface area contributed by atoms with Gasteiger partial charge in [-0.1, -0.05) is 0 Å². The molecule has 0 amide bonds. The molecule has 0 N–H and O–H groups in total. The molecule has 10 heavy (non-hydrogen) atoms. The van der Waals surface area contributed by atoms with Gasteiger partial charge in [-0.05, 0) is 5.73 Å². The Labute approximate surface area is 68.0 Å². The first-order valence-corrected chi connectivity index (χ1v) is 4.96.